The second-order valence-corrected chi connectivity index (χ2v) is 9.16. The summed E-state index contributed by atoms with van der Waals surface area (Å²) in [6, 6.07) is 12.9. The number of aromatic nitrogens is 5. The van der Waals surface area contributed by atoms with Gasteiger partial charge in [0.2, 0.25) is 0 Å². The van der Waals surface area contributed by atoms with Gasteiger partial charge in [0, 0.05) is 60.9 Å². The van der Waals surface area contributed by atoms with Crippen LogP contribution in [0.25, 0.3) is 27.8 Å². The van der Waals surface area contributed by atoms with Crippen LogP contribution >= 0.6 is 0 Å². The first-order chi connectivity index (χ1) is 17.2. The summed E-state index contributed by atoms with van der Waals surface area (Å²) in [4.78, 5) is 14.4. The van der Waals surface area contributed by atoms with Gasteiger partial charge in [-0.3, -0.25) is 10.00 Å². The van der Waals surface area contributed by atoms with E-state index in [1.807, 2.05) is 23.0 Å². The second-order valence-electron chi connectivity index (χ2n) is 9.16. The molecular weight excluding hydrogens is 440 g/mol. The summed E-state index contributed by atoms with van der Waals surface area (Å²) in [5.41, 5.74) is 5.70. The monoisotopic (exact) mass is 466 g/mol. The van der Waals surface area contributed by atoms with E-state index in [1.165, 1.54) is 5.69 Å². The van der Waals surface area contributed by atoms with Crippen molar-refractivity contribution in [1.29, 1.82) is 0 Å². The molecule has 0 bridgehead atoms. The molecule has 0 radical (unpaired) electrons. The molecule has 176 valence electrons. The van der Waals surface area contributed by atoms with Crippen molar-refractivity contribution in [2.45, 2.75) is 13.0 Å². The van der Waals surface area contributed by atoms with Crippen LogP contribution in [0.3, 0.4) is 0 Å². The van der Waals surface area contributed by atoms with Crippen molar-refractivity contribution in [1.82, 2.24) is 29.5 Å². The van der Waals surface area contributed by atoms with E-state index in [0.29, 0.717) is 18.5 Å². The molecule has 1 saturated heterocycles. The maximum Gasteiger partial charge on any atom is 0.180 e. The van der Waals surface area contributed by atoms with Gasteiger partial charge in [-0.2, -0.15) is 5.10 Å². The molecule has 7 rings (SSSR count). The molecule has 5 aromatic rings. The molecule has 1 fully saturated rings. The molecule has 3 aromatic heterocycles. The third kappa shape index (κ3) is 3.47. The minimum absolute atomic E-state index is 0.408. The third-order valence-electron chi connectivity index (χ3n) is 7.09. The maximum absolute atomic E-state index is 6.20. The number of likely N-dealkylation sites (N-methyl/N-ethyl adjacent to an activating group) is 1. The SMILES string of the molecule is CCN1CCN2c3ccc(Nc4nc(-c5ccc6cn[nH]c6c5)cn5ccnc45)cc3OC[C@H]2C1. The molecule has 0 unspecified atom stereocenters. The minimum Gasteiger partial charge on any atom is -0.489 e. The Hall–Kier alpha value is -4.11. The van der Waals surface area contributed by atoms with E-state index in [9.17, 15) is 0 Å². The predicted molar refractivity (Wildman–Crippen MR) is 137 cm³/mol. The number of rotatable bonds is 4. The molecule has 2 aliphatic rings. The van der Waals surface area contributed by atoms with E-state index in [0.717, 1.165) is 65.4 Å². The lowest BCUT2D eigenvalue weighted by Crippen LogP contribution is -2.57. The van der Waals surface area contributed by atoms with Crippen molar-refractivity contribution in [2.24, 2.45) is 0 Å². The lowest BCUT2D eigenvalue weighted by molar-refractivity contribution is 0.172. The van der Waals surface area contributed by atoms with Crippen LogP contribution in [0.4, 0.5) is 17.2 Å². The number of ether oxygens (including phenoxy) is 1. The number of nitrogens with zero attached hydrogens (tertiary/aromatic N) is 6. The van der Waals surface area contributed by atoms with Crippen molar-refractivity contribution in [3.63, 3.8) is 0 Å². The standard InChI is InChI=1S/C26H26N8O/c1-2-32-9-10-34-20(14-32)16-35-24-12-19(5-6-23(24)34)29-25-26-27-7-8-33(26)15-22(30-25)17-3-4-18-13-28-31-21(18)11-17/h3-8,11-13,15,20H,2,9-10,14,16H2,1H3,(H,28,31)(H,29,30)/t20-/m1/s1. The molecule has 9 heteroatoms. The fraction of sp³-hybridized carbons (Fsp3) is 0.269. The van der Waals surface area contributed by atoms with E-state index >= 15 is 0 Å². The number of aromatic amines is 1. The fourth-order valence-corrected chi connectivity index (χ4v) is 5.19. The highest BCUT2D eigenvalue weighted by Gasteiger charge is 2.32. The highest BCUT2D eigenvalue weighted by Crippen LogP contribution is 2.38. The van der Waals surface area contributed by atoms with Gasteiger partial charge in [-0.1, -0.05) is 19.1 Å². The number of anilines is 3. The lowest BCUT2D eigenvalue weighted by Gasteiger charge is -2.45. The number of benzene rings is 2. The largest absolute Gasteiger partial charge is 0.489 e. The summed E-state index contributed by atoms with van der Waals surface area (Å²) in [6.07, 6.45) is 7.54. The number of H-pyrrole nitrogens is 1. The Labute approximate surface area is 202 Å². The molecule has 5 heterocycles. The van der Waals surface area contributed by atoms with Gasteiger partial charge in [-0.15, -0.1) is 0 Å². The Bertz CT molecular complexity index is 1540. The van der Waals surface area contributed by atoms with E-state index < -0.39 is 0 Å². The molecule has 0 aliphatic carbocycles. The van der Waals surface area contributed by atoms with Crippen LogP contribution in [0, 0.1) is 0 Å². The number of piperazine rings is 1. The topological polar surface area (TPSA) is 86.6 Å². The van der Waals surface area contributed by atoms with Crippen LogP contribution < -0.4 is 15.0 Å². The fourth-order valence-electron chi connectivity index (χ4n) is 5.19. The van der Waals surface area contributed by atoms with Crippen molar-refractivity contribution < 1.29 is 4.74 Å². The molecular formula is C26H26N8O. The third-order valence-corrected chi connectivity index (χ3v) is 7.09. The first-order valence-corrected chi connectivity index (χ1v) is 12.1. The zero-order valence-electron chi connectivity index (χ0n) is 19.5. The van der Waals surface area contributed by atoms with E-state index in [1.54, 1.807) is 6.20 Å². The summed E-state index contributed by atoms with van der Waals surface area (Å²) < 4.78 is 8.20. The average molecular weight is 467 g/mol. The zero-order valence-corrected chi connectivity index (χ0v) is 19.5. The van der Waals surface area contributed by atoms with E-state index in [4.69, 9.17) is 9.72 Å². The second kappa shape index (κ2) is 7.99. The summed E-state index contributed by atoms with van der Waals surface area (Å²) in [6.45, 7) is 7.19. The summed E-state index contributed by atoms with van der Waals surface area (Å²) in [7, 11) is 0. The molecule has 2 aromatic carbocycles. The minimum atomic E-state index is 0.408. The molecule has 1 atom stereocenters. The summed E-state index contributed by atoms with van der Waals surface area (Å²) in [5.74, 6) is 1.61. The molecule has 2 N–H and O–H groups in total. The van der Waals surface area contributed by atoms with E-state index in [-0.39, 0.29) is 0 Å². The van der Waals surface area contributed by atoms with Gasteiger partial charge < -0.3 is 19.4 Å². The van der Waals surface area contributed by atoms with Crippen molar-refractivity contribution in [3.05, 3.63) is 61.2 Å². The van der Waals surface area contributed by atoms with Crippen LogP contribution in [0.5, 0.6) is 5.75 Å². The van der Waals surface area contributed by atoms with Gasteiger partial charge in [-0.25, -0.2) is 9.97 Å². The zero-order chi connectivity index (χ0) is 23.4. The van der Waals surface area contributed by atoms with Gasteiger partial charge in [0.1, 0.15) is 12.4 Å². The number of fused-ring (bicyclic) bond motifs is 5. The number of hydrogen-bond donors (Lipinski definition) is 2. The Balaban J connectivity index is 1.22. The lowest BCUT2D eigenvalue weighted by atomic mass is 10.1. The highest BCUT2D eigenvalue weighted by molar-refractivity contribution is 5.84. The maximum atomic E-state index is 6.20. The first kappa shape index (κ1) is 20.3. The van der Waals surface area contributed by atoms with Gasteiger partial charge in [0.05, 0.1) is 29.1 Å². The molecule has 9 nitrogen and oxygen atoms in total. The van der Waals surface area contributed by atoms with Crippen molar-refractivity contribution in [3.8, 4) is 17.0 Å². The van der Waals surface area contributed by atoms with Crippen molar-refractivity contribution >= 4 is 33.7 Å². The Morgan fingerprint density at radius 3 is 3.09 bits per heavy atom. The molecule has 0 spiro atoms. The molecule has 0 saturated carbocycles. The Morgan fingerprint density at radius 2 is 2.14 bits per heavy atom. The van der Waals surface area contributed by atoms with Gasteiger partial charge in [-0.05, 0) is 24.7 Å². The molecule has 0 amide bonds. The van der Waals surface area contributed by atoms with Gasteiger partial charge in [0.25, 0.3) is 0 Å². The quantitative estimate of drug-likeness (QED) is 0.415. The summed E-state index contributed by atoms with van der Waals surface area (Å²) in [5, 5.41) is 11.7. The number of nitrogens with one attached hydrogen (secondary N) is 2. The van der Waals surface area contributed by atoms with Crippen LogP contribution in [-0.4, -0.2) is 68.3 Å². The average Bonchev–Trinajstić information content (AvgIpc) is 3.57. The normalized spacial score (nSPS) is 17.9. The van der Waals surface area contributed by atoms with Crippen LogP contribution in [0.1, 0.15) is 6.92 Å². The van der Waals surface area contributed by atoms with Crippen molar-refractivity contribution in [2.75, 3.05) is 43.0 Å². The number of hydrogen-bond acceptors (Lipinski definition) is 7. The van der Waals surface area contributed by atoms with Crippen LogP contribution in [0.15, 0.2) is 61.2 Å². The van der Waals surface area contributed by atoms with Gasteiger partial charge >= 0.3 is 0 Å². The highest BCUT2D eigenvalue weighted by atomic mass is 16.5. The predicted octanol–water partition coefficient (Wildman–Crippen LogP) is 3.92. The molecule has 2 aliphatic heterocycles. The van der Waals surface area contributed by atoms with E-state index in [2.05, 4.69) is 73.6 Å². The first-order valence-electron chi connectivity index (χ1n) is 12.1. The Morgan fingerprint density at radius 1 is 1.17 bits per heavy atom. The van der Waals surface area contributed by atoms with Gasteiger partial charge in [0.15, 0.2) is 11.5 Å². The van der Waals surface area contributed by atoms with Crippen LogP contribution in [-0.2, 0) is 0 Å². The van der Waals surface area contributed by atoms with Crippen LogP contribution in [0.2, 0.25) is 0 Å². The Kier molecular flexibility index (Phi) is 4.63. The number of imidazole rings is 1. The smallest absolute Gasteiger partial charge is 0.180 e. The summed E-state index contributed by atoms with van der Waals surface area (Å²) >= 11 is 0. The molecule has 35 heavy (non-hydrogen) atoms.